The lowest BCUT2D eigenvalue weighted by Crippen LogP contribution is -2.35. The third kappa shape index (κ3) is 3.60. The first kappa shape index (κ1) is 15.5. The quantitative estimate of drug-likeness (QED) is 0.850. The van der Waals surface area contributed by atoms with Crippen molar-refractivity contribution < 1.29 is 14.6 Å². The molecule has 4 heteroatoms. The molecule has 0 saturated carbocycles. The summed E-state index contributed by atoms with van der Waals surface area (Å²) in [5.74, 6) is 0.306. The van der Waals surface area contributed by atoms with E-state index in [1.54, 1.807) is 26.5 Å². The Morgan fingerprint density at radius 1 is 1.10 bits per heavy atom. The van der Waals surface area contributed by atoms with E-state index in [9.17, 15) is 5.11 Å². The van der Waals surface area contributed by atoms with Crippen molar-refractivity contribution in [2.75, 3.05) is 20.8 Å². The summed E-state index contributed by atoms with van der Waals surface area (Å²) in [5.41, 5.74) is 1.12. The molecular formula is C17H21NO3. The Hall–Kier alpha value is -1.91. The Kier molecular flexibility index (Phi) is 5.31. The third-order valence-electron chi connectivity index (χ3n) is 3.69. The molecule has 2 rings (SSSR count). The number of ether oxygens (including phenoxy) is 2. The minimum absolute atomic E-state index is 0.306. The number of para-hydroxylation sites is 1. The molecule has 4 nitrogen and oxygen atoms in total. The van der Waals surface area contributed by atoms with Crippen molar-refractivity contribution in [1.29, 1.82) is 0 Å². The molecule has 1 heterocycles. The molecule has 0 bridgehead atoms. The van der Waals surface area contributed by atoms with Gasteiger partial charge in [-0.1, -0.05) is 24.3 Å². The van der Waals surface area contributed by atoms with Gasteiger partial charge in [-0.15, -0.1) is 0 Å². The number of phenols is 1. The van der Waals surface area contributed by atoms with Gasteiger partial charge in [0.1, 0.15) is 11.4 Å². The molecule has 0 radical (unpaired) electrons. The Labute approximate surface area is 125 Å². The van der Waals surface area contributed by atoms with Gasteiger partial charge in [-0.3, -0.25) is 4.98 Å². The number of pyridine rings is 1. The van der Waals surface area contributed by atoms with Crippen molar-refractivity contribution in [2.24, 2.45) is 0 Å². The Morgan fingerprint density at radius 3 is 2.48 bits per heavy atom. The van der Waals surface area contributed by atoms with Crippen LogP contribution >= 0.6 is 0 Å². The number of aromatic hydroxyl groups is 1. The van der Waals surface area contributed by atoms with Gasteiger partial charge in [0.25, 0.3) is 0 Å². The van der Waals surface area contributed by atoms with Crippen LogP contribution in [0.2, 0.25) is 0 Å². The molecule has 2 aromatic rings. The fourth-order valence-corrected chi connectivity index (χ4v) is 2.46. The van der Waals surface area contributed by atoms with Gasteiger partial charge in [0.05, 0.1) is 12.3 Å². The van der Waals surface area contributed by atoms with E-state index in [1.165, 1.54) is 0 Å². The highest BCUT2D eigenvalue weighted by atomic mass is 16.5. The first-order chi connectivity index (χ1) is 10.2. The molecule has 0 fully saturated rings. The summed E-state index contributed by atoms with van der Waals surface area (Å²) in [4.78, 5) is 4.41. The lowest BCUT2D eigenvalue weighted by molar-refractivity contribution is -0.0777. The number of benzene rings is 1. The number of aromatic nitrogens is 1. The highest BCUT2D eigenvalue weighted by Crippen LogP contribution is 2.31. The number of hydrogen-bond donors (Lipinski definition) is 1. The zero-order chi connectivity index (χ0) is 15.1. The van der Waals surface area contributed by atoms with Gasteiger partial charge in [0.2, 0.25) is 0 Å². The van der Waals surface area contributed by atoms with Gasteiger partial charge in [-0.05, 0) is 36.6 Å². The number of aryl methyl sites for hydroxylation is 1. The average Bonchev–Trinajstić information content (AvgIpc) is 2.54. The second-order valence-electron chi connectivity index (χ2n) is 4.98. The van der Waals surface area contributed by atoms with Gasteiger partial charge in [0.15, 0.2) is 0 Å². The zero-order valence-corrected chi connectivity index (χ0v) is 12.5. The molecule has 0 aliphatic carbocycles. The van der Waals surface area contributed by atoms with E-state index in [0.717, 1.165) is 11.3 Å². The van der Waals surface area contributed by atoms with Crippen LogP contribution in [0.5, 0.6) is 5.75 Å². The zero-order valence-electron chi connectivity index (χ0n) is 12.5. The van der Waals surface area contributed by atoms with E-state index in [0.29, 0.717) is 25.2 Å². The normalized spacial score (nSPS) is 13.8. The summed E-state index contributed by atoms with van der Waals surface area (Å²) in [6.07, 6.45) is 3.10. The van der Waals surface area contributed by atoms with Crippen LogP contribution in [0.15, 0.2) is 48.7 Å². The molecule has 1 unspecified atom stereocenters. The summed E-state index contributed by atoms with van der Waals surface area (Å²) in [5, 5.41) is 9.89. The Bertz CT molecular complexity index is 559. The molecule has 21 heavy (non-hydrogen) atoms. The smallest absolute Gasteiger partial charge is 0.133 e. The molecule has 0 amide bonds. The first-order valence-electron chi connectivity index (χ1n) is 6.94. The van der Waals surface area contributed by atoms with Crippen LogP contribution < -0.4 is 0 Å². The lowest BCUT2D eigenvalue weighted by Gasteiger charge is -2.31. The Balaban J connectivity index is 2.23. The molecule has 1 aromatic carbocycles. The molecule has 1 aromatic heterocycles. The predicted octanol–water partition coefficient (Wildman–Crippen LogP) is 2.91. The van der Waals surface area contributed by atoms with E-state index < -0.39 is 5.60 Å². The average molecular weight is 287 g/mol. The maximum absolute atomic E-state index is 9.89. The number of hydrogen-bond acceptors (Lipinski definition) is 4. The number of methoxy groups -OCH3 is 2. The molecule has 0 saturated heterocycles. The highest BCUT2D eigenvalue weighted by molar-refractivity contribution is 5.32. The molecule has 0 aliphatic heterocycles. The van der Waals surface area contributed by atoms with E-state index >= 15 is 0 Å². The van der Waals surface area contributed by atoms with Crippen molar-refractivity contribution in [3.63, 3.8) is 0 Å². The molecule has 0 spiro atoms. The van der Waals surface area contributed by atoms with Crippen LogP contribution in [-0.2, 0) is 21.5 Å². The predicted molar refractivity (Wildman–Crippen MR) is 81.2 cm³/mol. The van der Waals surface area contributed by atoms with Gasteiger partial charge < -0.3 is 14.6 Å². The molecule has 1 atom stereocenters. The highest BCUT2D eigenvalue weighted by Gasteiger charge is 2.33. The number of rotatable bonds is 7. The maximum Gasteiger partial charge on any atom is 0.133 e. The lowest BCUT2D eigenvalue weighted by atomic mass is 9.91. The summed E-state index contributed by atoms with van der Waals surface area (Å²) in [6.45, 7) is 0.411. The number of phenolic OH excluding ortho intramolecular Hbond substituents is 1. The minimum Gasteiger partial charge on any atom is -0.508 e. The van der Waals surface area contributed by atoms with Crippen molar-refractivity contribution >= 4 is 0 Å². The van der Waals surface area contributed by atoms with Crippen LogP contribution in [0.3, 0.4) is 0 Å². The van der Waals surface area contributed by atoms with Crippen molar-refractivity contribution in [2.45, 2.75) is 18.4 Å². The van der Waals surface area contributed by atoms with Gasteiger partial charge in [0, 0.05) is 20.4 Å². The van der Waals surface area contributed by atoms with Crippen molar-refractivity contribution in [3.8, 4) is 5.75 Å². The third-order valence-corrected chi connectivity index (χ3v) is 3.69. The van der Waals surface area contributed by atoms with Gasteiger partial charge >= 0.3 is 0 Å². The van der Waals surface area contributed by atoms with E-state index in [-0.39, 0.29) is 0 Å². The van der Waals surface area contributed by atoms with Crippen molar-refractivity contribution in [3.05, 3.63) is 59.9 Å². The first-order valence-corrected chi connectivity index (χ1v) is 6.94. The monoisotopic (exact) mass is 287 g/mol. The summed E-state index contributed by atoms with van der Waals surface area (Å²) < 4.78 is 11.1. The topological polar surface area (TPSA) is 51.6 Å². The largest absolute Gasteiger partial charge is 0.508 e. The fourth-order valence-electron chi connectivity index (χ4n) is 2.46. The van der Waals surface area contributed by atoms with Crippen molar-refractivity contribution in [1.82, 2.24) is 4.98 Å². The molecular weight excluding hydrogens is 266 g/mol. The maximum atomic E-state index is 9.89. The summed E-state index contributed by atoms with van der Waals surface area (Å²) in [6, 6.07) is 13.1. The fraction of sp³-hybridized carbons (Fsp3) is 0.353. The minimum atomic E-state index is -0.613. The molecule has 112 valence electrons. The summed E-state index contributed by atoms with van der Waals surface area (Å²) in [7, 11) is 3.31. The second-order valence-corrected chi connectivity index (χ2v) is 4.98. The van der Waals surface area contributed by atoms with E-state index in [2.05, 4.69) is 4.98 Å². The standard InChI is InChI=1S/C17H21NO3/c1-20-13-17(21-2,16-9-5-6-12-18-16)11-10-14-7-3-4-8-15(14)19/h3-9,12,19H,10-11,13H2,1-2H3. The van der Waals surface area contributed by atoms with Crippen LogP contribution in [0.25, 0.3) is 0 Å². The molecule has 0 aliphatic rings. The second kappa shape index (κ2) is 7.20. The van der Waals surface area contributed by atoms with Crippen LogP contribution in [0.1, 0.15) is 17.7 Å². The van der Waals surface area contributed by atoms with E-state index in [1.807, 2.05) is 36.4 Å². The van der Waals surface area contributed by atoms with Gasteiger partial charge in [-0.2, -0.15) is 0 Å². The van der Waals surface area contributed by atoms with Crippen LogP contribution in [0.4, 0.5) is 0 Å². The van der Waals surface area contributed by atoms with Crippen LogP contribution in [-0.4, -0.2) is 30.9 Å². The summed E-state index contributed by atoms with van der Waals surface area (Å²) >= 11 is 0. The van der Waals surface area contributed by atoms with Gasteiger partial charge in [-0.25, -0.2) is 0 Å². The molecule has 1 N–H and O–H groups in total. The van der Waals surface area contributed by atoms with E-state index in [4.69, 9.17) is 9.47 Å². The number of nitrogens with zero attached hydrogens (tertiary/aromatic N) is 1. The Morgan fingerprint density at radius 2 is 1.86 bits per heavy atom. The van der Waals surface area contributed by atoms with Crippen LogP contribution in [0, 0.1) is 0 Å². The SMILES string of the molecule is COCC(CCc1ccccc1O)(OC)c1ccccn1.